The van der Waals surface area contributed by atoms with Crippen LogP contribution in [-0.2, 0) is 11.0 Å². The van der Waals surface area contributed by atoms with Gasteiger partial charge in [-0.25, -0.2) is 0 Å². The molecule has 1 unspecified atom stereocenters. The Kier molecular flexibility index (Phi) is 3.99. The Morgan fingerprint density at radius 2 is 2.14 bits per heavy atom. The highest BCUT2D eigenvalue weighted by molar-refractivity contribution is 5.79. The zero-order chi connectivity index (χ0) is 15.7. The minimum atomic E-state index is -4.40. The van der Waals surface area contributed by atoms with E-state index >= 15 is 0 Å². The van der Waals surface area contributed by atoms with Gasteiger partial charge in [0.2, 0.25) is 5.91 Å². The molecule has 4 nitrogen and oxygen atoms in total. The summed E-state index contributed by atoms with van der Waals surface area (Å²) in [5, 5.41) is 3.00. The number of amides is 1. The van der Waals surface area contributed by atoms with Gasteiger partial charge >= 0.3 is 6.18 Å². The molecule has 22 heavy (non-hydrogen) atoms. The van der Waals surface area contributed by atoms with E-state index in [0.29, 0.717) is 38.1 Å². The molecule has 0 radical (unpaired) electrons. The SMILES string of the molecule is O=C1CNCCN1C1CCCOc2cc(C(F)(F)F)ccc21. The number of halogens is 3. The normalized spacial score (nSPS) is 22.8. The fourth-order valence-corrected chi connectivity index (χ4v) is 3.00. The lowest BCUT2D eigenvalue weighted by Gasteiger charge is -2.35. The number of rotatable bonds is 1. The van der Waals surface area contributed by atoms with E-state index in [9.17, 15) is 18.0 Å². The Morgan fingerprint density at radius 1 is 1.32 bits per heavy atom. The number of nitrogens with one attached hydrogen (secondary N) is 1. The second kappa shape index (κ2) is 5.79. The van der Waals surface area contributed by atoms with E-state index in [1.165, 1.54) is 6.07 Å². The van der Waals surface area contributed by atoms with Crippen molar-refractivity contribution in [2.24, 2.45) is 0 Å². The molecule has 2 aliphatic rings. The van der Waals surface area contributed by atoms with Crippen LogP contribution >= 0.6 is 0 Å². The summed E-state index contributed by atoms with van der Waals surface area (Å²) in [7, 11) is 0. The highest BCUT2D eigenvalue weighted by Gasteiger charge is 2.34. The molecule has 3 rings (SSSR count). The largest absolute Gasteiger partial charge is 0.493 e. The molecule has 1 aromatic carbocycles. The molecule has 1 fully saturated rings. The third-order valence-electron chi connectivity index (χ3n) is 4.08. The maximum Gasteiger partial charge on any atom is 0.416 e. The second-order valence-electron chi connectivity index (χ2n) is 5.52. The van der Waals surface area contributed by atoms with E-state index in [1.807, 2.05) is 0 Å². The van der Waals surface area contributed by atoms with Gasteiger partial charge in [0.1, 0.15) is 5.75 Å². The van der Waals surface area contributed by atoms with Crippen LogP contribution in [-0.4, -0.2) is 37.0 Å². The summed E-state index contributed by atoms with van der Waals surface area (Å²) in [5.41, 5.74) is -0.0562. The van der Waals surface area contributed by atoms with Gasteiger partial charge < -0.3 is 15.0 Å². The molecule has 0 spiro atoms. The molecule has 1 atom stereocenters. The number of fused-ring (bicyclic) bond motifs is 1. The van der Waals surface area contributed by atoms with Crippen molar-refractivity contribution in [3.05, 3.63) is 29.3 Å². The standard InChI is InChI=1S/C15H17F3N2O2/c16-15(17,18)10-3-4-11-12(2-1-7-22-13(11)8-10)20-6-5-19-9-14(20)21/h3-4,8,12,19H,1-2,5-7,9H2. The smallest absolute Gasteiger partial charge is 0.416 e. The Balaban J connectivity index is 1.96. The van der Waals surface area contributed by atoms with Crippen molar-refractivity contribution in [1.29, 1.82) is 0 Å². The van der Waals surface area contributed by atoms with Gasteiger partial charge in [0.25, 0.3) is 0 Å². The number of alkyl halides is 3. The molecule has 0 saturated carbocycles. The van der Waals surface area contributed by atoms with Crippen molar-refractivity contribution in [3.8, 4) is 5.75 Å². The van der Waals surface area contributed by atoms with E-state index in [2.05, 4.69) is 5.32 Å². The molecule has 1 N–H and O–H groups in total. The highest BCUT2D eigenvalue weighted by atomic mass is 19.4. The molecule has 0 aliphatic carbocycles. The molecule has 0 aromatic heterocycles. The maximum absolute atomic E-state index is 12.8. The van der Waals surface area contributed by atoms with Gasteiger partial charge in [-0.05, 0) is 25.0 Å². The third kappa shape index (κ3) is 2.90. The molecule has 1 amide bonds. The van der Waals surface area contributed by atoms with Crippen molar-refractivity contribution in [1.82, 2.24) is 10.2 Å². The monoisotopic (exact) mass is 314 g/mol. The average Bonchev–Trinajstić information content (AvgIpc) is 2.68. The molecule has 7 heteroatoms. The summed E-state index contributed by atoms with van der Waals surface area (Å²) in [6.45, 7) is 1.89. The van der Waals surface area contributed by atoms with Crippen molar-refractivity contribution in [2.45, 2.75) is 25.1 Å². The summed E-state index contributed by atoms with van der Waals surface area (Å²) in [6, 6.07) is 3.34. The molecule has 2 heterocycles. The number of piperazine rings is 1. The van der Waals surface area contributed by atoms with Crippen molar-refractivity contribution < 1.29 is 22.7 Å². The number of carbonyl (C=O) groups excluding carboxylic acids is 1. The first-order valence-corrected chi connectivity index (χ1v) is 7.31. The molecular formula is C15H17F3N2O2. The van der Waals surface area contributed by atoms with Crippen LogP contribution in [0, 0.1) is 0 Å². The molecule has 2 aliphatic heterocycles. The van der Waals surface area contributed by atoms with Crippen LogP contribution in [0.1, 0.15) is 30.0 Å². The van der Waals surface area contributed by atoms with Crippen molar-refractivity contribution in [2.75, 3.05) is 26.2 Å². The number of nitrogens with zero attached hydrogens (tertiary/aromatic N) is 1. The number of ether oxygens (including phenoxy) is 1. The molecule has 0 bridgehead atoms. The first-order chi connectivity index (χ1) is 10.5. The van der Waals surface area contributed by atoms with Crippen LogP contribution in [0.3, 0.4) is 0 Å². The Morgan fingerprint density at radius 3 is 2.86 bits per heavy atom. The summed E-state index contributed by atoms with van der Waals surface area (Å²) < 4.78 is 44.0. The minimum absolute atomic E-state index is 0.0241. The molecule has 1 saturated heterocycles. The highest BCUT2D eigenvalue weighted by Crippen LogP contribution is 2.39. The third-order valence-corrected chi connectivity index (χ3v) is 4.08. The molecule has 1 aromatic rings. The van der Waals surface area contributed by atoms with Crippen molar-refractivity contribution in [3.63, 3.8) is 0 Å². The van der Waals surface area contributed by atoms with Gasteiger partial charge in [-0.3, -0.25) is 4.79 Å². The van der Waals surface area contributed by atoms with Gasteiger partial charge in [0.05, 0.1) is 24.8 Å². The summed E-state index contributed by atoms with van der Waals surface area (Å²) >= 11 is 0. The van der Waals surface area contributed by atoms with E-state index in [4.69, 9.17) is 4.74 Å². The Hall–Kier alpha value is -1.76. The number of hydrogen-bond acceptors (Lipinski definition) is 3. The molecule has 120 valence electrons. The lowest BCUT2D eigenvalue weighted by atomic mass is 9.98. The minimum Gasteiger partial charge on any atom is -0.493 e. The first kappa shape index (κ1) is 15.1. The Bertz CT molecular complexity index is 574. The Labute approximate surface area is 126 Å². The zero-order valence-corrected chi connectivity index (χ0v) is 11.9. The average molecular weight is 314 g/mol. The summed E-state index contributed by atoms with van der Waals surface area (Å²) in [5.74, 6) is 0.215. The fourth-order valence-electron chi connectivity index (χ4n) is 3.00. The van der Waals surface area contributed by atoms with Crippen LogP contribution in [0.2, 0.25) is 0 Å². The maximum atomic E-state index is 12.8. The molecular weight excluding hydrogens is 297 g/mol. The first-order valence-electron chi connectivity index (χ1n) is 7.31. The van der Waals surface area contributed by atoms with E-state index in [0.717, 1.165) is 12.1 Å². The summed E-state index contributed by atoms with van der Waals surface area (Å²) in [4.78, 5) is 13.8. The predicted molar refractivity (Wildman–Crippen MR) is 73.5 cm³/mol. The lowest BCUT2D eigenvalue weighted by Crippen LogP contribution is -2.49. The van der Waals surface area contributed by atoms with Gasteiger partial charge in [-0.15, -0.1) is 0 Å². The van der Waals surface area contributed by atoms with E-state index in [1.54, 1.807) is 4.90 Å². The second-order valence-corrected chi connectivity index (χ2v) is 5.52. The van der Waals surface area contributed by atoms with E-state index < -0.39 is 11.7 Å². The van der Waals surface area contributed by atoms with Crippen LogP contribution in [0.5, 0.6) is 5.75 Å². The van der Waals surface area contributed by atoms with Gasteiger partial charge in [-0.1, -0.05) is 6.07 Å². The lowest BCUT2D eigenvalue weighted by molar-refractivity contribution is -0.138. The van der Waals surface area contributed by atoms with Crippen LogP contribution in [0.15, 0.2) is 18.2 Å². The van der Waals surface area contributed by atoms with Gasteiger partial charge in [0.15, 0.2) is 0 Å². The van der Waals surface area contributed by atoms with Gasteiger partial charge in [0, 0.05) is 18.7 Å². The topological polar surface area (TPSA) is 41.6 Å². The predicted octanol–water partition coefficient (Wildman–Crippen LogP) is 2.35. The van der Waals surface area contributed by atoms with Crippen molar-refractivity contribution >= 4 is 5.91 Å². The van der Waals surface area contributed by atoms with Crippen LogP contribution in [0.25, 0.3) is 0 Å². The zero-order valence-electron chi connectivity index (χ0n) is 11.9. The summed E-state index contributed by atoms with van der Waals surface area (Å²) in [6.07, 6.45) is -2.99. The fraction of sp³-hybridized carbons (Fsp3) is 0.533. The van der Waals surface area contributed by atoms with E-state index in [-0.39, 0.29) is 24.2 Å². The number of carbonyl (C=O) groups is 1. The number of hydrogen-bond donors (Lipinski definition) is 1. The van der Waals surface area contributed by atoms with Crippen LogP contribution in [0.4, 0.5) is 13.2 Å². The van der Waals surface area contributed by atoms with Crippen LogP contribution < -0.4 is 10.1 Å². The van der Waals surface area contributed by atoms with Gasteiger partial charge in [-0.2, -0.15) is 13.2 Å². The quantitative estimate of drug-likeness (QED) is 0.865. The number of benzene rings is 1.